The van der Waals surface area contributed by atoms with Crippen molar-refractivity contribution in [3.63, 3.8) is 0 Å². The van der Waals surface area contributed by atoms with E-state index >= 15 is 0 Å². The lowest BCUT2D eigenvalue weighted by Gasteiger charge is -2.09. The third-order valence-electron chi connectivity index (χ3n) is 2.53. The molecule has 0 radical (unpaired) electrons. The lowest BCUT2D eigenvalue weighted by Crippen LogP contribution is -2.18. The predicted octanol–water partition coefficient (Wildman–Crippen LogP) is 0.693. The number of sulfonamides is 1. The van der Waals surface area contributed by atoms with Crippen molar-refractivity contribution in [2.24, 2.45) is 0 Å². The molecular weight excluding hydrogens is 260 g/mol. The van der Waals surface area contributed by atoms with E-state index in [2.05, 4.69) is 9.71 Å². The molecule has 1 heterocycles. The van der Waals surface area contributed by atoms with Crippen molar-refractivity contribution >= 4 is 21.8 Å². The van der Waals surface area contributed by atoms with Crippen LogP contribution in [0.5, 0.6) is 5.75 Å². The number of methoxy groups -OCH3 is 1. The van der Waals surface area contributed by atoms with Gasteiger partial charge in [0.05, 0.1) is 18.6 Å². The standard InChI is InChI=1S/C10H12N2O5S/c1-17-8-5-11-9(4-7(8)10(13)14)12-18(15,16)6-2-3-6/h4-6H,2-3H2,1H3,(H,11,12)(H,13,14). The maximum Gasteiger partial charge on any atom is 0.339 e. The quantitative estimate of drug-likeness (QED) is 0.817. The Morgan fingerprint density at radius 2 is 2.22 bits per heavy atom. The fourth-order valence-electron chi connectivity index (χ4n) is 1.44. The second-order valence-electron chi connectivity index (χ2n) is 3.92. The van der Waals surface area contributed by atoms with Gasteiger partial charge in [-0.2, -0.15) is 0 Å². The number of aromatic carboxylic acids is 1. The lowest BCUT2D eigenvalue weighted by atomic mass is 10.2. The number of hydrogen-bond acceptors (Lipinski definition) is 5. The molecule has 1 saturated carbocycles. The van der Waals surface area contributed by atoms with Crippen molar-refractivity contribution in [2.75, 3.05) is 11.8 Å². The van der Waals surface area contributed by atoms with Gasteiger partial charge in [-0.3, -0.25) is 4.72 Å². The summed E-state index contributed by atoms with van der Waals surface area (Å²) in [4.78, 5) is 14.8. The highest BCUT2D eigenvalue weighted by Gasteiger charge is 2.36. The van der Waals surface area contributed by atoms with Gasteiger partial charge in [-0.15, -0.1) is 0 Å². The van der Waals surface area contributed by atoms with Crippen LogP contribution >= 0.6 is 0 Å². The Morgan fingerprint density at radius 3 is 2.72 bits per heavy atom. The van der Waals surface area contributed by atoms with Crippen LogP contribution in [-0.4, -0.2) is 36.8 Å². The van der Waals surface area contributed by atoms with Gasteiger partial charge in [0.25, 0.3) is 0 Å². The van der Waals surface area contributed by atoms with E-state index in [0.717, 1.165) is 6.07 Å². The Balaban J connectivity index is 2.29. The molecule has 0 aliphatic heterocycles. The molecular formula is C10H12N2O5S. The molecule has 2 rings (SSSR count). The maximum absolute atomic E-state index is 11.7. The molecule has 0 aromatic carbocycles. The average molecular weight is 272 g/mol. The zero-order valence-electron chi connectivity index (χ0n) is 9.58. The first-order valence-corrected chi connectivity index (χ1v) is 6.77. The van der Waals surface area contributed by atoms with E-state index in [1.54, 1.807) is 0 Å². The number of pyridine rings is 1. The number of carboxylic acids is 1. The Bertz CT molecular complexity index is 580. The van der Waals surface area contributed by atoms with Gasteiger partial charge in [0, 0.05) is 0 Å². The van der Waals surface area contributed by atoms with E-state index in [4.69, 9.17) is 9.84 Å². The van der Waals surface area contributed by atoms with Gasteiger partial charge in [-0.25, -0.2) is 18.2 Å². The van der Waals surface area contributed by atoms with Crippen molar-refractivity contribution < 1.29 is 23.1 Å². The third kappa shape index (κ3) is 2.53. The molecule has 1 aromatic heterocycles. The third-order valence-corrected chi connectivity index (χ3v) is 4.37. The van der Waals surface area contributed by atoms with Gasteiger partial charge in [0.2, 0.25) is 10.0 Å². The Labute approximate surface area is 104 Å². The summed E-state index contributed by atoms with van der Waals surface area (Å²) < 4.78 is 30.4. The van der Waals surface area contributed by atoms with Crippen LogP contribution in [0.25, 0.3) is 0 Å². The molecule has 18 heavy (non-hydrogen) atoms. The van der Waals surface area contributed by atoms with Crippen molar-refractivity contribution in [1.29, 1.82) is 0 Å². The molecule has 7 nitrogen and oxygen atoms in total. The van der Waals surface area contributed by atoms with E-state index < -0.39 is 21.2 Å². The topological polar surface area (TPSA) is 106 Å². The SMILES string of the molecule is COc1cnc(NS(=O)(=O)C2CC2)cc1C(=O)O. The summed E-state index contributed by atoms with van der Waals surface area (Å²) in [5, 5.41) is 8.56. The minimum absolute atomic E-state index is 0.0138. The van der Waals surface area contributed by atoms with Crippen molar-refractivity contribution in [3.8, 4) is 5.75 Å². The zero-order valence-corrected chi connectivity index (χ0v) is 10.4. The number of aromatic nitrogens is 1. The number of nitrogens with one attached hydrogen (secondary N) is 1. The molecule has 0 unspecified atom stereocenters. The minimum Gasteiger partial charge on any atom is -0.494 e. The van der Waals surface area contributed by atoms with Gasteiger partial charge in [0.1, 0.15) is 11.4 Å². The molecule has 1 fully saturated rings. The molecule has 1 aliphatic rings. The van der Waals surface area contributed by atoms with Gasteiger partial charge in [0.15, 0.2) is 5.75 Å². The molecule has 8 heteroatoms. The maximum atomic E-state index is 11.7. The molecule has 1 aromatic rings. The van der Waals surface area contributed by atoms with Gasteiger partial charge >= 0.3 is 5.97 Å². The highest BCUT2D eigenvalue weighted by atomic mass is 32.2. The fourth-order valence-corrected chi connectivity index (χ4v) is 2.76. The van der Waals surface area contributed by atoms with Crippen molar-refractivity contribution in [2.45, 2.75) is 18.1 Å². The second-order valence-corrected chi connectivity index (χ2v) is 5.88. The van der Waals surface area contributed by atoms with Crippen molar-refractivity contribution in [3.05, 3.63) is 17.8 Å². The molecule has 0 saturated heterocycles. The number of carboxylic acid groups (broad SMARTS) is 1. The largest absolute Gasteiger partial charge is 0.494 e. The fraction of sp³-hybridized carbons (Fsp3) is 0.400. The summed E-state index contributed by atoms with van der Waals surface area (Å²) in [7, 11) is -2.13. The number of rotatable bonds is 5. The summed E-state index contributed by atoms with van der Waals surface area (Å²) in [6, 6.07) is 1.14. The van der Waals surface area contributed by atoms with E-state index in [1.165, 1.54) is 13.3 Å². The Kier molecular flexibility index (Phi) is 3.12. The minimum atomic E-state index is -3.45. The first kappa shape index (κ1) is 12.6. The Hall–Kier alpha value is -1.83. The van der Waals surface area contributed by atoms with Gasteiger partial charge in [-0.1, -0.05) is 0 Å². The Morgan fingerprint density at radius 1 is 1.56 bits per heavy atom. The molecule has 0 atom stereocenters. The van der Waals surface area contributed by atoms with E-state index in [1.807, 2.05) is 0 Å². The highest BCUT2D eigenvalue weighted by molar-refractivity contribution is 7.93. The van der Waals surface area contributed by atoms with Crippen LogP contribution < -0.4 is 9.46 Å². The van der Waals surface area contributed by atoms with Crippen molar-refractivity contribution in [1.82, 2.24) is 4.98 Å². The van der Waals surface area contributed by atoms with Gasteiger partial charge in [-0.05, 0) is 18.9 Å². The van der Waals surface area contributed by atoms with Gasteiger partial charge < -0.3 is 9.84 Å². The number of nitrogens with zero attached hydrogens (tertiary/aromatic N) is 1. The van der Waals surface area contributed by atoms with E-state index in [-0.39, 0.29) is 17.1 Å². The first-order valence-electron chi connectivity index (χ1n) is 5.23. The summed E-state index contributed by atoms with van der Waals surface area (Å²) in [5.41, 5.74) is -0.138. The monoisotopic (exact) mass is 272 g/mol. The van der Waals surface area contributed by atoms with E-state index in [0.29, 0.717) is 12.8 Å². The van der Waals surface area contributed by atoms with Crippen LogP contribution in [0.4, 0.5) is 5.82 Å². The molecule has 1 aliphatic carbocycles. The molecule has 0 spiro atoms. The number of carbonyl (C=O) groups is 1. The molecule has 2 N–H and O–H groups in total. The summed E-state index contributed by atoms with van der Waals surface area (Å²) in [5.74, 6) is -1.14. The number of ether oxygens (including phenoxy) is 1. The second kappa shape index (κ2) is 4.45. The van der Waals surface area contributed by atoms with Crippen LogP contribution in [0.15, 0.2) is 12.3 Å². The number of anilines is 1. The molecule has 0 bridgehead atoms. The normalized spacial score (nSPS) is 15.2. The molecule has 0 amide bonds. The van der Waals surface area contributed by atoms with Crippen LogP contribution in [0.2, 0.25) is 0 Å². The zero-order chi connectivity index (χ0) is 13.3. The highest BCUT2D eigenvalue weighted by Crippen LogP contribution is 2.30. The average Bonchev–Trinajstić information content (AvgIpc) is 3.12. The van der Waals surface area contributed by atoms with Crippen LogP contribution in [0.3, 0.4) is 0 Å². The van der Waals surface area contributed by atoms with Crippen LogP contribution in [0.1, 0.15) is 23.2 Å². The van der Waals surface area contributed by atoms with Crippen LogP contribution in [0, 0.1) is 0 Å². The van der Waals surface area contributed by atoms with Crippen LogP contribution in [-0.2, 0) is 10.0 Å². The first-order chi connectivity index (χ1) is 8.44. The summed E-state index contributed by atoms with van der Waals surface area (Å²) in [6.07, 6.45) is 2.42. The predicted molar refractivity (Wildman–Crippen MR) is 63.3 cm³/mol. The smallest absolute Gasteiger partial charge is 0.339 e. The number of hydrogen-bond donors (Lipinski definition) is 2. The molecule has 98 valence electrons. The lowest BCUT2D eigenvalue weighted by molar-refractivity contribution is 0.0693. The van der Waals surface area contributed by atoms with E-state index in [9.17, 15) is 13.2 Å². The summed E-state index contributed by atoms with van der Waals surface area (Å²) >= 11 is 0. The summed E-state index contributed by atoms with van der Waals surface area (Å²) in [6.45, 7) is 0.